The number of para-hydroxylation sites is 1. The van der Waals surface area contributed by atoms with Crippen molar-refractivity contribution >= 4 is 50.4 Å². The maximum atomic E-state index is 13.5. The van der Waals surface area contributed by atoms with Crippen LogP contribution < -0.4 is 14.5 Å². The van der Waals surface area contributed by atoms with E-state index in [1.54, 1.807) is 12.1 Å². The molecule has 0 aliphatic carbocycles. The van der Waals surface area contributed by atoms with Gasteiger partial charge < -0.3 is 19.0 Å². The summed E-state index contributed by atoms with van der Waals surface area (Å²) in [7, 11) is 1.96. The zero-order valence-corrected chi connectivity index (χ0v) is 23.9. The van der Waals surface area contributed by atoms with Gasteiger partial charge in [0.25, 0.3) is 0 Å². The number of hydrogen-bond acceptors (Lipinski definition) is 4. The standard InChI is InChI=1S/C38H29FN2O2/c1-26-8-18-33(19-9-26)42-34-20-14-30(15-21-34)41(29-6-4-3-5-7-29)32-17-23-36-35-22-16-31(24-37(35)43-38(36)25-32)40(2)28-12-10-27(39)11-13-28/h3-25H,1-2H3. The Hall–Kier alpha value is -5.55. The molecule has 0 radical (unpaired) electrons. The van der Waals surface area contributed by atoms with Crippen molar-refractivity contribution in [1.82, 2.24) is 0 Å². The first-order valence-electron chi connectivity index (χ1n) is 14.2. The fourth-order valence-corrected chi connectivity index (χ4v) is 5.35. The number of nitrogens with zero attached hydrogens (tertiary/aromatic N) is 2. The van der Waals surface area contributed by atoms with E-state index in [0.717, 1.165) is 61.9 Å². The lowest BCUT2D eigenvalue weighted by molar-refractivity contribution is 0.482. The van der Waals surface area contributed by atoms with E-state index in [-0.39, 0.29) is 5.82 Å². The lowest BCUT2D eigenvalue weighted by atomic mass is 10.1. The smallest absolute Gasteiger partial charge is 0.137 e. The Kier molecular flexibility index (Phi) is 6.76. The molecule has 0 saturated heterocycles. The molecule has 0 amide bonds. The van der Waals surface area contributed by atoms with Gasteiger partial charge in [0.15, 0.2) is 0 Å². The number of hydrogen-bond donors (Lipinski definition) is 0. The van der Waals surface area contributed by atoms with Crippen LogP contribution in [0.25, 0.3) is 21.9 Å². The second-order valence-corrected chi connectivity index (χ2v) is 10.6. The van der Waals surface area contributed by atoms with Gasteiger partial charge in [0.2, 0.25) is 0 Å². The highest BCUT2D eigenvalue weighted by atomic mass is 19.1. The minimum atomic E-state index is -0.253. The normalized spacial score (nSPS) is 11.1. The van der Waals surface area contributed by atoms with Gasteiger partial charge in [-0.15, -0.1) is 0 Å². The Balaban J connectivity index is 1.23. The molecule has 7 rings (SSSR count). The van der Waals surface area contributed by atoms with Gasteiger partial charge in [-0.1, -0.05) is 35.9 Å². The predicted molar refractivity (Wildman–Crippen MR) is 174 cm³/mol. The summed E-state index contributed by atoms with van der Waals surface area (Å²) in [4.78, 5) is 4.22. The first-order valence-corrected chi connectivity index (χ1v) is 14.2. The maximum Gasteiger partial charge on any atom is 0.137 e. The zero-order chi connectivity index (χ0) is 29.3. The van der Waals surface area contributed by atoms with Crippen molar-refractivity contribution in [3.05, 3.63) is 151 Å². The highest BCUT2D eigenvalue weighted by Gasteiger charge is 2.16. The molecule has 43 heavy (non-hydrogen) atoms. The second kappa shape index (κ2) is 11.0. The van der Waals surface area contributed by atoms with Crippen LogP contribution in [0.2, 0.25) is 0 Å². The van der Waals surface area contributed by atoms with E-state index in [1.807, 2.05) is 72.6 Å². The van der Waals surface area contributed by atoms with Crippen LogP contribution in [0.15, 0.2) is 144 Å². The zero-order valence-electron chi connectivity index (χ0n) is 23.9. The quantitative estimate of drug-likeness (QED) is 0.193. The van der Waals surface area contributed by atoms with E-state index in [2.05, 4.69) is 66.4 Å². The van der Waals surface area contributed by atoms with Gasteiger partial charge in [-0.3, -0.25) is 0 Å². The van der Waals surface area contributed by atoms with E-state index in [0.29, 0.717) is 0 Å². The van der Waals surface area contributed by atoms with Crippen LogP contribution in [0.4, 0.5) is 32.8 Å². The minimum absolute atomic E-state index is 0.253. The molecule has 0 fully saturated rings. The van der Waals surface area contributed by atoms with Crippen LogP contribution in [0.1, 0.15) is 5.56 Å². The largest absolute Gasteiger partial charge is 0.457 e. The molecule has 1 heterocycles. The maximum absolute atomic E-state index is 13.5. The molecule has 0 saturated carbocycles. The minimum Gasteiger partial charge on any atom is -0.457 e. The van der Waals surface area contributed by atoms with Gasteiger partial charge in [0.05, 0.1) is 0 Å². The van der Waals surface area contributed by atoms with Gasteiger partial charge in [0, 0.05) is 58.4 Å². The summed E-state index contributed by atoms with van der Waals surface area (Å²) in [5.41, 5.74) is 7.66. The summed E-state index contributed by atoms with van der Waals surface area (Å²) in [6.45, 7) is 2.06. The summed E-state index contributed by atoms with van der Waals surface area (Å²) >= 11 is 0. The third-order valence-corrected chi connectivity index (χ3v) is 7.67. The van der Waals surface area contributed by atoms with Crippen LogP contribution in [-0.2, 0) is 0 Å². The molecule has 0 unspecified atom stereocenters. The number of ether oxygens (including phenoxy) is 1. The molecule has 7 aromatic rings. The monoisotopic (exact) mass is 564 g/mol. The van der Waals surface area contributed by atoms with E-state index in [1.165, 1.54) is 17.7 Å². The van der Waals surface area contributed by atoms with E-state index < -0.39 is 0 Å². The molecular weight excluding hydrogens is 535 g/mol. The van der Waals surface area contributed by atoms with Crippen LogP contribution in [0.3, 0.4) is 0 Å². The third-order valence-electron chi connectivity index (χ3n) is 7.67. The number of rotatable bonds is 7. The van der Waals surface area contributed by atoms with Crippen molar-refractivity contribution < 1.29 is 13.5 Å². The molecule has 4 nitrogen and oxygen atoms in total. The third kappa shape index (κ3) is 5.29. The number of benzene rings is 6. The molecule has 1 aromatic heterocycles. The topological polar surface area (TPSA) is 28.9 Å². The van der Waals surface area contributed by atoms with Crippen molar-refractivity contribution in [2.45, 2.75) is 6.92 Å². The number of furan rings is 1. The number of anilines is 5. The van der Waals surface area contributed by atoms with Crippen molar-refractivity contribution in [3.63, 3.8) is 0 Å². The summed E-state index contributed by atoms with van der Waals surface area (Å²) in [5, 5.41) is 2.09. The summed E-state index contributed by atoms with van der Waals surface area (Å²) in [5.74, 6) is 1.33. The lowest BCUT2D eigenvalue weighted by Crippen LogP contribution is -2.09. The first-order chi connectivity index (χ1) is 21.0. The lowest BCUT2D eigenvalue weighted by Gasteiger charge is -2.25. The Morgan fingerprint density at radius 3 is 1.70 bits per heavy atom. The molecule has 0 aliphatic heterocycles. The molecule has 6 aromatic carbocycles. The molecule has 5 heteroatoms. The Labute approximate surface area is 249 Å². The SMILES string of the molecule is Cc1ccc(Oc2ccc(N(c3ccccc3)c3ccc4c(c3)oc3cc(N(C)c5ccc(F)cc5)ccc34)cc2)cc1. The van der Waals surface area contributed by atoms with E-state index in [4.69, 9.17) is 9.15 Å². The molecule has 210 valence electrons. The average Bonchev–Trinajstić information content (AvgIpc) is 3.41. The number of aryl methyl sites for hydroxylation is 1. The Morgan fingerprint density at radius 1 is 0.535 bits per heavy atom. The van der Waals surface area contributed by atoms with Crippen molar-refractivity contribution in [1.29, 1.82) is 0 Å². The van der Waals surface area contributed by atoms with Gasteiger partial charge in [-0.05, 0) is 104 Å². The summed E-state index contributed by atoms with van der Waals surface area (Å²) in [6, 6.07) is 45.4. The van der Waals surface area contributed by atoms with Crippen LogP contribution in [0, 0.1) is 12.7 Å². The molecule has 0 spiro atoms. The highest BCUT2D eigenvalue weighted by molar-refractivity contribution is 6.07. The van der Waals surface area contributed by atoms with Crippen molar-refractivity contribution in [2.75, 3.05) is 16.8 Å². The average molecular weight is 565 g/mol. The number of halogens is 1. The fourth-order valence-electron chi connectivity index (χ4n) is 5.35. The van der Waals surface area contributed by atoms with E-state index >= 15 is 0 Å². The molecule has 0 aliphatic rings. The highest BCUT2D eigenvalue weighted by Crippen LogP contribution is 2.40. The van der Waals surface area contributed by atoms with Gasteiger partial charge >= 0.3 is 0 Å². The van der Waals surface area contributed by atoms with Crippen molar-refractivity contribution in [2.24, 2.45) is 0 Å². The molecule has 0 bridgehead atoms. The van der Waals surface area contributed by atoms with Crippen LogP contribution in [-0.4, -0.2) is 7.05 Å². The Bertz CT molecular complexity index is 2020. The summed E-state index contributed by atoms with van der Waals surface area (Å²) < 4.78 is 26.0. The van der Waals surface area contributed by atoms with Gasteiger partial charge in [0.1, 0.15) is 28.5 Å². The van der Waals surface area contributed by atoms with Gasteiger partial charge in [-0.25, -0.2) is 4.39 Å². The summed E-state index contributed by atoms with van der Waals surface area (Å²) in [6.07, 6.45) is 0. The predicted octanol–water partition coefficient (Wildman–Crippen LogP) is 11.1. The molecule has 0 atom stereocenters. The van der Waals surface area contributed by atoms with Crippen LogP contribution >= 0.6 is 0 Å². The van der Waals surface area contributed by atoms with Crippen LogP contribution in [0.5, 0.6) is 11.5 Å². The van der Waals surface area contributed by atoms with Gasteiger partial charge in [-0.2, -0.15) is 0 Å². The molecule has 0 N–H and O–H groups in total. The van der Waals surface area contributed by atoms with E-state index in [9.17, 15) is 4.39 Å². The number of fused-ring (bicyclic) bond motifs is 3. The first kappa shape index (κ1) is 26.4. The Morgan fingerprint density at radius 2 is 1.05 bits per heavy atom. The second-order valence-electron chi connectivity index (χ2n) is 10.6. The fraction of sp³-hybridized carbons (Fsp3) is 0.0526. The molecular formula is C38H29FN2O2. The van der Waals surface area contributed by atoms with Crippen molar-refractivity contribution in [3.8, 4) is 11.5 Å².